The molecule has 188 valence electrons. The summed E-state index contributed by atoms with van der Waals surface area (Å²) in [7, 11) is 0. The summed E-state index contributed by atoms with van der Waals surface area (Å²) in [6.07, 6.45) is -3.70. The van der Waals surface area contributed by atoms with E-state index in [0.717, 1.165) is 0 Å². The monoisotopic (exact) mass is 582 g/mol. The first-order valence-corrected chi connectivity index (χ1v) is 12.6. The van der Waals surface area contributed by atoms with Gasteiger partial charge in [-0.2, -0.15) is 0 Å². The average molecular weight is 584 g/mol. The second-order valence-electron chi connectivity index (χ2n) is 10.4. The molecular formula is C23H26BrCl2FO7. The number of hydrogen-bond donors (Lipinski definition) is 4. The maximum atomic E-state index is 15.6. The normalized spacial score (nSPS) is 48.7. The number of carboxylic acids is 1. The first-order valence-electron chi connectivity index (χ1n) is 11.0. The molecular weight excluding hydrogens is 558 g/mol. The number of carbonyl (C=O) groups excluding carboxylic acids is 2. The number of allylic oxidation sites excluding steroid dienone is 4. The van der Waals surface area contributed by atoms with Crippen LogP contribution in [0.3, 0.4) is 0 Å². The van der Waals surface area contributed by atoms with E-state index in [9.17, 15) is 29.7 Å². The number of aliphatic hydroxyl groups is 3. The van der Waals surface area contributed by atoms with Crippen LogP contribution in [0.15, 0.2) is 22.2 Å². The van der Waals surface area contributed by atoms with E-state index in [1.165, 1.54) is 6.08 Å². The Morgan fingerprint density at radius 1 is 1.29 bits per heavy atom. The van der Waals surface area contributed by atoms with Gasteiger partial charge >= 0.3 is 5.97 Å². The van der Waals surface area contributed by atoms with E-state index in [4.69, 9.17) is 28.3 Å². The molecule has 4 rings (SSSR count). The van der Waals surface area contributed by atoms with Crippen molar-refractivity contribution in [3.8, 4) is 0 Å². The van der Waals surface area contributed by atoms with Gasteiger partial charge in [-0.25, -0.2) is 4.39 Å². The number of rotatable bonds is 4. The highest BCUT2D eigenvalue weighted by molar-refractivity contribution is 9.12. The van der Waals surface area contributed by atoms with Crippen molar-refractivity contribution in [1.29, 1.82) is 0 Å². The fourth-order valence-corrected chi connectivity index (χ4v) is 8.93. The van der Waals surface area contributed by atoms with Gasteiger partial charge in [0.25, 0.3) is 0 Å². The number of carbonyl (C=O) groups is 3. The maximum absolute atomic E-state index is 15.6. The second kappa shape index (κ2) is 8.08. The summed E-state index contributed by atoms with van der Waals surface area (Å²) in [5.41, 5.74) is -4.88. The molecule has 0 saturated heterocycles. The number of carboxylic acid groups (broad SMARTS) is 1. The quantitative estimate of drug-likeness (QED) is 0.374. The van der Waals surface area contributed by atoms with Gasteiger partial charge in [-0.05, 0) is 58.7 Å². The van der Waals surface area contributed by atoms with E-state index in [-0.39, 0.29) is 35.1 Å². The van der Waals surface area contributed by atoms with E-state index in [1.807, 2.05) is 0 Å². The fourth-order valence-electron chi connectivity index (χ4n) is 7.17. The summed E-state index contributed by atoms with van der Waals surface area (Å²) in [4.78, 5) is 35.1. The van der Waals surface area contributed by atoms with E-state index in [2.05, 4.69) is 15.9 Å². The Labute approximate surface area is 214 Å². The van der Waals surface area contributed by atoms with Gasteiger partial charge in [-0.15, -0.1) is 23.2 Å². The minimum Gasteiger partial charge on any atom is -0.481 e. The summed E-state index contributed by atoms with van der Waals surface area (Å²) in [5.74, 6) is -4.43. The highest BCUT2D eigenvalue weighted by Gasteiger charge is 2.76. The van der Waals surface area contributed by atoms with Gasteiger partial charge < -0.3 is 20.4 Å². The van der Waals surface area contributed by atoms with Crippen LogP contribution in [0.1, 0.15) is 39.5 Å². The molecule has 4 aliphatic carbocycles. The molecule has 0 aromatic heterocycles. The number of fused-ring (bicyclic) bond motifs is 5. The molecule has 3 saturated carbocycles. The van der Waals surface area contributed by atoms with Gasteiger partial charge in [-0.1, -0.05) is 19.9 Å². The van der Waals surface area contributed by atoms with Crippen molar-refractivity contribution in [3.63, 3.8) is 0 Å². The number of aliphatic hydroxyl groups excluding tert-OH is 2. The van der Waals surface area contributed by atoms with E-state index < -0.39 is 75.1 Å². The van der Waals surface area contributed by atoms with Crippen molar-refractivity contribution in [2.45, 2.75) is 73.8 Å². The van der Waals surface area contributed by atoms with Gasteiger partial charge in [0.2, 0.25) is 0 Å². The van der Waals surface area contributed by atoms with Crippen LogP contribution in [-0.2, 0) is 14.4 Å². The molecule has 3 fully saturated rings. The molecule has 0 aliphatic heterocycles. The highest BCUT2D eigenvalue weighted by atomic mass is 79.9. The van der Waals surface area contributed by atoms with Crippen LogP contribution in [-0.4, -0.2) is 72.2 Å². The van der Waals surface area contributed by atoms with E-state index in [0.29, 0.717) is 0 Å². The van der Waals surface area contributed by atoms with Crippen molar-refractivity contribution in [2.75, 3.05) is 0 Å². The molecule has 7 nitrogen and oxygen atoms in total. The molecule has 4 N–H and O–H groups in total. The van der Waals surface area contributed by atoms with Gasteiger partial charge in [-0.3, -0.25) is 14.4 Å². The Bertz CT molecular complexity index is 1030. The molecule has 10 atom stereocenters. The maximum Gasteiger partial charge on any atom is 0.306 e. The standard InChI is InChI=1S/C23H26BrCl2FO7/c1-20-7-12(24)14(28)4-11(20)13(27)3-10-9-5-17(30)23(34,19(33)15(29)6-18(31)32)21(9,2)8-16(25)22(10,20)26/h4,7,9-10,13,15-17,29-30,34H,3,5-6,8H2,1-2H3,(H,31,32)/t9-,10-,13?,15?,16?,17?,20-,21-,22-,23-/m0/s1. The van der Waals surface area contributed by atoms with Crippen LogP contribution in [0.2, 0.25) is 0 Å². The van der Waals surface area contributed by atoms with Crippen molar-refractivity contribution in [2.24, 2.45) is 22.7 Å². The molecule has 0 bridgehead atoms. The largest absolute Gasteiger partial charge is 0.481 e. The number of ketones is 2. The van der Waals surface area contributed by atoms with Gasteiger partial charge in [0.15, 0.2) is 17.2 Å². The lowest BCUT2D eigenvalue weighted by Crippen LogP contribution is -2.70. The zero-order valence-electron chi connectivity index (χ0n) is 18.5. The van der Waals surface area contributed by atoms with Crippen LogP contribution in [0.5, 0.6) is 0 Å². The Hall–Kier alpha value is -0.840. The SMILES string of the molecule is C[C@]12C=C(Br)C(=O)C=C1C(F)C[C@H]1[C@@H]3CC(O)[C@](O)(C(=O)C(O)CC(=O)O)[C@@]3(C)CC(Cl)[C@@]12Cl. The Morgan fingerprint density at radius 2 is 1.91 bits per heavy atom. The highest BCUT2D eigenvalue weighted by Crippen LogP contribution is 2.72. The van der Waals surface area contributed by atoms with Crippen molar-refractivity contribution < 1.29 is 39.2 Å². The summed E-state index contributed by atoms with van der Waals surface area (Å²) in [5, 5.41) is 40.7. The molecule has 0 radical (unpaired) electrons. The number of hydrogen-bond acceptors (Lipinski definition) is 6. The fraction of sp³-hybridized carbons (Fsp3) is 0.696. The second-order valence-corrected chi connectivity index (χ2v) is 12.4. The minimum absolute atomic E-state index is 0.0719. The Morgan fingerprint density at radius 3 is 2.50 bits per heavy atom. The van der Waals surface area contributed by atoms with Crippen LogP contribution in [0, 0.1) is 22.7 Å². The number of Topliss-reactive ketones (excluding diaryl/α,β-unsaturated/α-hetero) is 1. The molecule has 0 aromatic carbocycles. The third-order valence-electron chi connectivity index (χ3n) is 8.91. The predicted octanol–water partition coefficient (Wildman–Crippen LogP) is 2.65. The van der Waals surface area contributed by atoms with Crippen molar-refractivity contribution >= 4 is 56.7 Å². The van der Waals surface area contributed by atoms with Gasteiger partial charge in [0.05, 0.1) is 27.3 Å². The van der Waals surface area contributed by atoms with Crippen LogP contribution >= 0.6 is 39.1 Å². The Kier molecular flexibility index (Phi) is 6.23. The summed E-state index contributed by atoms with van der Waals surface area (Å²) in [6.45, 7) is 3.25. The van der Waals surface area contributed by atoms with Crippen molar-refractivity contribution in [1.82, 2.24) is 0 Å². The van der Waals surface area contributed by atoms with E-state index in [1.54, 1.807) is 19.9 Å². The molecule has 4 aliphatic rings. The molecule has 11 heteroatoms. The summed E-state index contributed by atoms with van der Waals surface area (Å²) < 4.78 is 15.8. The number of halogens is 4. The molecule has 0 amide bonds. The minimum atomic E-state index is -2.50. The zero-order valence-corrected chi connectivity index (χ0v) is 21.6. The molecule has 34 heavy (non-hydrogen) atoms. The zero-order chi connectivity index (χ0) is 25.6. The van der Waals surface area contributed by atoms with Crippen molar-refractivity contribution in [3.05, 3.63) is 22.2 Å². The van der Waals surface area contributed by atoms with Gasteiger partial charge in [0.1, 0.15) is 12.3 Å². The molecule has 0 aromatic rings. The van der Waals surface area contributed by atoms with Crippen LogP contribution in [0.4, 0.5) is 4.39 Å². The topological polar surface area (TPSA) is 132 Å². The number of alkyl halides is 3. The Balaban J connectivity index is 1.82. The van der Waals surface area contributed by atoms with Crippen LogP contribution in [0.25, 0.3) is 0 Å². The molecule has 0 heterocycles. The number of aliphatic carboxylic acids is 1. The van der Waals surface area contributed by atoms with E-state index >= 15 is 4.39 Å². The summed E-state index contributed by atoms with van der Waals surface area (Å²) >= 11 is 17.4. The third kappa shape index (κ3) is 3.13. The predicted molar refractivity (Wildman–Crippen MR) is 124 cm³/mol. The van der Waals surface area contributed by atoms with Crippen LogP contribution < -0.4 is 0 Å². The average Bonchev–Trinajstić information content (AvgIpc) is 2.93. The first kappa shape index (κ1) is 26.2. The lowest BCUT2D eigenvalue weighted by Gasteiger charge is -2.64. The molecule has 0 spiro atoms. The lowest BCUT2D eigenvalue weighted by atomic mass is 9.46. The third-order valence-corrected chi connectivity index (χ3v) is 11.1. The van der Waals surface area contributed by atoms with Gasteiger partial charge in [0, 0.05) is 10.8 Å². The smallest absolute Gasteiger partial charge is 0.306 e. The molecule has 4 unspecified atom stereocenters. The lowest BCUT2D eigenvalue weighted by molar-refractivity contribution is -0.182. The summed E-state index contributed by atoms with van der Waals surface area (Å²) in [6, 6.07) is 0. The first-order chi connectivity index (χ1) is 15.6.